The van der Waals surface area contributed by atoms with E-state index in [1.807, 2.05) is 6.07 Å². The summed E-state index contributed by atoms with van der Waals surface area (Å²) in [6, 6.07) is 12.6. The number of rotatable bonds is 4. The Balaban J connectivity index is 1.46. The first-order chi connectivity index (χ1) is 12.2. The fourth-order valence-corrected chi connectivity index (χ4v) is 3.72. The number of amides is 1. The summed E-state index contributed by atoms with van der Waals surface area (Å²) in [4.78, 5) is 18.9. The number of ether oxygens (including phenoxy) is 1. The number of fused-ring (bicyclic) bond motifs is 1. The van der Waals surface area contributed by atoms with Crippen molar-refractivity contribution in [3.05, 3.63) is 53.9 Å². The molecule has 1 N–H and O–H groups in total. The van der Waals surface area contributed by atoms with E-state index < -0.39 is 0 Å². The molecule has 2 aliphatic heterocycles. The van der Waals surface area contributed by atoms with Crippen LogP contribution >= 0.6 is 0 Å². The second-order valence-corrected chi connectivity index (χ2v) is 6.80. The Morgan fingerprint density at radius 2 is 2.20 bits per heavy atom. The maximum Gasteiger partial charge on any atom is 0.269 e. The summed E-state index contributed by atoms with van der Waals surface area (Å²) in [7, 11) is 0. The van der Waals surface area contributed by atoms with E-state index >= 15 is 0 Å². The van der Waals surface area contributed by atoms with Gasteiger partial charge < -0.3 is 15.0 Å². The van der Waals surface area contributed by atoms with E-state index in [0.717, 1.165) is 31.6 Å². The number of nitrogens with zero attached hydrogens (tertiary/aromatic N) is 2. The van der Waals surface area contributed by atoms with Crippen LogP contribution in [0.25, 0.3) is 0 Å². The van der Waals surface area contributed by atoms with Crippen LogP contribution in [-0.2, 0) is 11.2 Å². The molecular formula is C20H23N3O2. The Bertz CT molecular complexity index is 754. The standard InChI is InChI=1S/C20H23N3O2/c1-14-11-15-5-2-3-7-19(15)23(14)16-8-9-18(21-12-16)20(24)22-13-17-6-4-10-25-17/h2-3,5,7-9,12,14,17H,4,6,10-11,13H2,1H3,(H,22,24). The van der Waals surface area contributed by atoms with Gasteiger partial charge in [0, 0.05) is 24.9 Å². The molecule has 0 spiro atoms. The molecule has 2 unspecified atom stereocenters. The third-order valence-electron chi connectivity index (χ3n) is 4.98. The molecule has 1 saturated heterocycles. The molecule has 5 nitrogen and oxygen atoms in total. The van der Waals surface area contributed by atoms with Crippen LogP contribution in [0, 0.1) is 0 Å². The topological polar surface area (TPSA) is 54.5 Å². The van der Waals surface area contributed by atoms with Crippen LogP contribution in [0.4, 0.5) is 11.4 Å². The number of aromatic nitrogens is 1. The lowest BCUT2D eigenvalue weighted by molar-refractivity contribution is 0.0854. The van der Waals surface area contributed by atoms with E-state index in [1.165, 1.54) is 11.3 Å². The Morgan fingerprint density at radius 3 is 2.96 bits per heavy atom. The van der Waals surface area contributed by atoms with Gasteiger partial charge in [-0.3, -0.25) is 4.79 Å². The van der Waals surface area contributed by atoms with Crippen LogP contribution in [0.5, 0.6) is 0 Å². The van der Waals surface area contributed by atoms with Crippen LogP contribution < -0.4 is 10.2 Å². The van der Waals surface area contributed by atoms with Crippen molar-refractivity contribution in [1.82, 2.24) is 10.3 Å². The van der Waals surface area contributed by atoms with Crippen molar-refractivity contribution in [2.75, 3.05) is 18.1 Å². The minimum atomic E-state index is -0.142. The minimum Gasteiger partial charge on any atom is -0.376 e. The smallest absolute Gasteiger partial charge is 0.269 e. The molecule has 5 heteroatoms. The third kappa shape index (κ3) is 3.24. The van der Waals surface area contributed by atoms with Gasteiger partial charge in [0.15, 0.2) is 0 Å². The molecule has 3 heterocycles. The van der Waals surface area contributed by atoms with Gasteiger partial charge in [0.05, 0.1) is 18.0 Å². The van der Waals surface area contributed by atoms with Gasteiger partial charge in [-0.05, 0) is 49.9 Å². The highest BCUT2D eigenvalue weighted by Crippen LogP contribution is 2.37. The largest absolute Gasteiger partial charge is 0.376 e. The van der Waals surface area contributed by atoms with Crippen LogP contribution in [0.15, 0.2) is 42.6 Å². The molecule has 130 valence electrons. The summed E-state index contributed by atoms with van der Waals surface area (Å²) in [6.07, 6.45) is 5.05. The molecule has 1 aromatic heterocycles. The normalized spacial score (nSPS) is 22.0. The number of carbonyl (C=O) groups excluding carboxylic acids is 1. The Kier molecular flexibility index (Phi) is 4.40. The van der Waals surface area contributed by atoms with E-state index in [4.69, 9.17) is 4.74 Å². The zero-order chi connectivity index (χ0) is 17.2. The lowest BCUT2D eigenvalue weighted by Gasteiger charge is -2.24. The van der Waals surface area contributed by atoms with Crippen molar-refractivity contribution >= 4 is 17.3 Å². The number of para-hydroxylation sites is 1. The number of nitrogens with one attached hydrogen (secondary N) is 1. The number of pyridine rings is 1. The molecule has 0 bridgehead atoms. The van der Waals surface area contributed by atoms with E-state index in [2.05, 4.69) is 46.4 Å². The van der Waals surface area contributed by atoms with Crippen molar-refractivity contribution in [3.8, 4) is 0 Å². The first-order valence-electron chi connectivity index (χ1n) is 8.95. The lowest BCUT2D eigenvalue weighted by Crippen LogP contribution is -2.32. The highest BCUT2D eigenvalue weighted by molar-refractivity contribution is 5.92. The maximum atomic E-state index is 12.3. The first kappa shape index (κ1) is 16.1. The van der Waals surface area contributed by atoms with Gasteiger partial charge in [0.25, 0.3) is 5.91 Å². The number of anilines is 2. The Morgan fingerprint density at radius 1 is 1.32 bits per heavy atom. The molecule has 25 heavy (non-hydrogen) atoms. The number of hydrogen-bond acceptors (Lipinski definition) is 4. The van der Waals surface area contributed by atoms with Crippen molar-refractivity contribution < 1.29 is 9.53 Å². The third-order valence-corrected chi connectivity index (χ3v) is 4.98. The average molecular weight is 337 g/mol. The van der Waals surface area contributed by atoms with E-state index in [1.54, 1.807) is 12.3 Å². The molecule has 1 amide bonds. The summed E-state index contributed by atoms with van der Waals surface area (Å²) >= 11 is 0. The summed E-state index contributed by atoms with van der Waals surface area (Å²) < 4.78 is 5.53. The summed E-state index contributed by atoms with van der Waals surface area (Å²) in [5.41, 5.74) is 4.05. The van der Waals surface area contributed by atoms with Gasteiger partial charge in [0.1, 0.15) is 5.69 Å². The van der Waals surface area contributed by atoms with Crippen molar-refractivity contribution in [1.29, 1.82) is 0 Å². The summed E-state index contributed by atoms with van der Waals surface area (Å²) in [6.45, 7) is 3.56. The highest BCUT2D eigenvalue weighted by atomic mass is 16.5. The van der Waals surface area contributed by atoms with Crippen LogP contribution in [0.2, 0.25) is 0 Å². The van der Waals surface area contributed by atoms with E-state index in [9.17, 15) is 4.79 Å². The second kappa shape index (κ2) is 6.84. The van der Waals surface area contributed by atoms with Gasteiger partial charge in [-0.1, -0.05) is 18.2 Å². The minimum absolute atomic E-state index is 0.142. The Hall–Kier alpha value is -2.40. The fraction of sp³-hybridized carbons (Fsp3) is 0.400. The zero-order valence-corrected chi connectivity index (χ0v) is 14.4. The number of benzene rings is 1. The van der Waals surface area contributed by atoms with Crippen LogP contribution in [0.1, 0.15) is 35.8 Å². The Labute approximate surface area is 148 Å². The van der Waals surface area contributed by atoms with Crippen LogP contribution in [0.3, 0.4) is 0 Å². The number of hydrogen-bond donors (Lipinski definition) is 1. The van der Waals surface area contributed by atoms with E-state index in [0.29, 0.717) is 18.3 Å². The average Bonchev–Trinajstić information content (AvgIpc) is 3.26. The molecule has 0 radical (unpaired) electrons. The van der Waals surface area contributed by atoms with Crippen molar-refractivity contribution in [2.24, 2.45) is 0 Å². The molecule has 0 aliphatic carbocycles. The molecular weight excluding hydrogens is 314 g/mol. The van der Waals surface area contributed by atoms with Crippen molar-refractivity contribution in [3.63, 3.8) is 0 Å². The molecule has 1 aromatic carbocycles. The van der Waals surface area contributed by atoms with Gasteiger partial charge in [-0.15, -0.1) is 0 Å². The molecule has 2 aliphatic rings. The second-order valence-electron chi connectivity index (χ2n) is 6.80. The van der Waals surface area contributed by atoms with Gasteiger partial charge in [0.2, 0.25) is 0 Å². The predicted octanol–water partition coefficient (Wildman–Crippen LogP) is 3.07. The first-order valence-corrected chi connectivity index (χ1v) is 8.95. The molecule has 2 aromatic rings. The lowest BCUT2D eigenvalue weighted by atomic mass is 10.1. The quantitative estimate of drug-likeness (QED) is 0.931. The highest BCUT2D eigenvalue weighted by Gasteiger charge is 2.27. The monoisotopic (exact) mass is 337 g/mol. The summed E-state index contributed by atoms with van der Waals surface area (Å²) in [5.74, 6) is -0.142. The van der Waals surface area contributed by atoms with Crippen LogP contribution in [-0.4, -0.2) is 36.2 Å². The molecule has 2 atom stereocenters. The molecule has 1 fully saturated rings. The SMILES string of the molecule is CC1Cc2ccccc2N1c1ccc(C(=O)NCC2CCCO2)nc1. The molecule has 0 saturated carbocycles. The molecule has 4 rings (SSSR count). The zero-order valence-electron chi connectivity index (χ0n) is 14.4. The predicted molar refractivity (Wildman–Crippen MR) is 97.3 cm³/mol. The maximum absolute atomic E-state index is 12.3. The van der Waals surface area contributed by atoms with Crippen molar-refractivity contribution in [2.45, 2.75) is 38.3 Å². The van der Waals surface area contributed by atoms with Gasteiger partial charge >= 0.3 is 0 Å². The van der Waals surface area contributed by atoms with Gasteiger partial charge in [-0.2, -0.15) is 0 Å². The number of carbonyl (C=O) groups is 1. The fourth-order valence-electron chi connectivity index (χ4n) is 3.72. The summed E-state index contributed by atoms with van der Waals surface area (Å²) in [5, 5.41) is 2.91. The van der Waals surface area contributed by atoms with E-state index in [-0.39, 0.29) is 12.0 Å². The van der Waals surface area contributed by atoms with Gasteiger partial charge in [-0.25, -0.2) is 4.98 Å².